The van der Waals surface area contributed by atoms with Gasteiger partial charge in [-0.15, -0.1) is 0 Å². The van der Waals surface area contributed by atoms with E-state index in [9.17, 15) is 0 Å². The summed E-state index contributed by atoms with van der Waals surface area (Å²) in [7, 11) is 3.28. The molecule has 6 nitrogen and oxygen atoms in total. The van der Waals surface area contributed by atoms with Gasteiger partial charge < -0.3 is 28.4 Å². The Morgan fingerprint density at radius 3 is 1.62 bits per heavy atom. The van der Waals surface area contributed by atoms with Gasteiger partial charge in [0.2, 0.25) is 0 Å². The van der Waals surface area contributed by atoms with Crippen molar-refractivity contribution in [2.75, 3.05) is 41.0 Å². The molecule has 0 aliphatic carbocycles. The monoisotopic (exact) mass is 234 g/mol. The summed E-state index contributed by atoms with van der Waals surface area (Å²) in [5.41, 5.74) is 0. The van der Waals surface area contributed by atoms with Gasteiger partial charge in [0.25, 0.3) is 0 Å². The van der Waals surface area contributed by atoms with E-state index in [1.165, 1.54) is 0 Å². The quantitative estimate of drug-likeness (QED) is 0.669. The third-order valence-electron chi connectivity index (χ3n) is 2.80. The number of fused-ring (bicyclic) bond motifs is 1. The summed E-state index contributed by atoms with van der Waals surface area (Å²) in [5.74, 6) is 0. The lowest BCUT2D eigenvalue weighted by Gasteiger charge is -2.43. The lowest BCUT2D eigenvalue weighted by atomic mass is 10.0. The summed E-state index contributed by atoms with van der Waals surface area (Å²) in [4.78, 5) is 0. The fourth-order valence-corrected chi connectivity index (χ4v) is 2.04. The van der Waals surface area contributed by atoms with Crippen molar-refractivity contribution < 1.29 is 28.4 Å². The highest BCUT2D eigenvalue weighted by atomic mass is 16.8. The van der Waals surface area contributed by atoms with Crippen LogP contribution in [0, 0.1) is 0 Å². The summed E-state index contributed by atoms with van der Waals surface area (Å²) in [6, 6.07) is 0. The first-order valence-corrected chi connectivity index (χ1v) is 5.31. The Labute approximate surface area is 94.7 Å². The van der Waals surface area contributed by atoms with E-state index in [2.05, 4.69) is 0 Å². The Balaban J connectivity index is 1.98. The van der Waals surface area contributed by atoms with Crippen molar-refractivity contribution in [3.63, 3.8) is 0 Å². The van der Waals surface area contributed by atoms with Crippen LogP contribution in [0.15, 0.2) is 0 Å². The van der Waals surface area contributed by atoms with E-state index in [-0.39, 0.29) is 38.0 Å². The summed E-state index contributed by atoms with van der Waals surface area (Å²) < 4.78 is 32.1. The molecule has 0 saturated carbocycles. The topological polar surface area (TPSA) is 55.4 Å². The van der Waals surface area contributed by atoms with Gasteiger partial charge in [-0.25, -0.2) is 0 Å². The molecule has 2 aliphatic heterocycles. The molecule has 2 aliphatic rings. The first kappa shape index (κ1) is 12.2. The molecule has 2 saturated heterocycles. The molecule has 0 amide bonds. The van der Waals surface area contributed by atoms with Crippen LogP contribution >= 0.6 is 0 Å². The minimum absolute atomic E-state index is 0.105. The zero-order chi connectivity index (χ0) is 11.4. The molecule has 2 heterocycles. The second kappa shape index (κ2) is 5.90. The number of hydrogen-bond acceptors (Lipinski definition) is 6. The zero-order valence-corrected chi connectivity index (χ0v) is 9.59. The minimum Gasteiger partial charge on any atom is -0.382 e. The van der Waals surface area contributed by atoms with E-state index in [0.717, 1.165) is 0 Å². The van der Waals surface area contributed by atoms with E-state index >= 15 is 0 Å². The van der Waals surface area contributed by atoms with Crippen molar-refractivity contribution in [1.82, 2.24) is 0 Å². The zero-order valence-electron chi connectivity index (χ0n) is 9.59. The Morgan fingerprint density at radius 2 is 1.25 bits per heavy atom. The second-order valence-corrected chi connectivity index (χ2v) is 3.82. The van der Waals surface area contributed by atoms with Crippen LogP contribution in [0.25, 0.3) is 0 Å². The van der Waals surface area contributed by atoms with E-state index < -0.39 is 0 Å². The highest BCUT2D eigenvalue weighted by Gasteiger charge is 2.44. The maximum Gasteiger partial charge on any atom is 0.147 e. The molecule has 0 aromatic heterocycles. The molecular formula is C10H18O6. The van der Waals surface area contributed by atoms with Crippen LogP contribution in [0.3, 0.4) is 0 Å². The second-order valence-electron chi connectivity index (χ2n) is 3.82. The van der Waals surface area contributed by atoms with Crippen molar-refractivity contribution in [3.05, 3.63) is 0 Å². The first-order chi connectivity index (χ1) is 7.86. The molecule has 2 unspecified atom stereocenters. The molecule has 0 aromatic rings. The van der Waals surface area contributed by atoms with Crippen LogP contribution in [0.4, 0.5) is 0 Å². The average molecular weight is 234 g/mol. The summed E-state index contributed by atoms with van der Waals surface area (Å²) in [6.45, 7) is 1.46. The average Bonchev–Trinajstić information content (AvgIpc) is 2.31. The SMILES string of the molecule is COCC1OCO[C@H]2C1OCO[C@@H]2COC. The van der Waals surface area contributed by atoms with Gasteiger partial charge in [0.15, 0.2) is 0 Å². The third-order valence-corrected chi connectivity index (χ3v) is 2.80. The molecule has 2 rings (SSSR count). The standard InChI is InChI=1S/C10H18O6/c1-11-3-7-9-10(16-5-13-7)8(4-12-2)14-6-15-9/h7-10H,3-6H2,1-2H3/t7-,8?,9-,10?/m1/s1. The highest BCUT2D eigenvalue weighted by molar-refractivity contribution is 4.89. The maximum atomic E-state index is 5.52. The lowest BCUT2D eigenvalue weighted by molar-refractivity contribution is -0.330. The van der Waals surface area contributed by atoms with Gasteiger partial charge in [-0.3, -0.25) is 0 Å². The first-order valence-electron chi connectivity index (χ1n) is 5.31. The molecule has 0 N–H and O–H groups in total. The number of ether oxygens (including phenoxy) is 6. The molecular weight excluding hydrogens is 216 g/mol. The smallest absolute Gasteiger partial charge is 0.147 e. The van der Waals surface area contributed by atoms with Gasteiger partial charge in [0, 0.05) is 14.2 Å². The van der Waals surface area contributed by atoms with Crippen LogP contribution in [-0.4, -0.2) is 65.4 Å². The molecule has 2 fully saturated rings. The third kappa shape index (κ3) is 2.53. The van der Waals surface area contributed by atoms with Gasteiger partial charge in [-0.05, 0) is 0 Å². The molecule has 16 heavy (non-hydrogen) atoms. The molecule has 0 radical (unpaired) electrons. The van der Waals surface area contributed by atoms with Gasteiger partial charge in [0.05, 0.1) is 13.2 Å². The van der Waals surface area contributed by atoms with Crippen LogP contribution in [0.1, 0.15) is 0 Å². The largest absolute Gasteiger partial charge is 0.382 e. The summed E-state index contributed by atoms with van der Waals surface area (Å²) >= 11 is 0. The maximum absolute atomic E-state index is 5.52. The molecule has 0 aromatic carbocycles. The van der Waals surface area contributed by atoms with Crippen molar-refractivity contribution in [2.24, 2.45) is 0 Å². The van der Waals surface area contributed by atoms with Crippen molar-refractivity contribution in [3.8, 4) is 0 Å². The normalized spacial score (nSPS) is 39.4. The van der Waals surface area contributed by atoms with Crippen LogP contribution < -0.4 is 0 Å². The van der Waals surface area contributed by atoms with Gasteiger partial charge in [-0.1, -0.05) is 0 Å². The van der Waals surface area contributed by atoms with Crippen LogP contribution in [0.5, 0.6) is 0 Å². The van der Waals surface area contributed by atoms with E-state index in [1.807, 2.05) is 0 Å². The Morgan fingerprint density at radius 1 is 0.812 bits per heavy atom. The van der Waals surface area contributed by atoms with Gasteiger partial charge in [0.1, 0.15) is 38.0 Å². The summed E-state index contributed by atoms with van der Waals surface area (Å²) in [5, 5.41) is 0. The molecule has 0 spiro atoms. The van der Waals surface area contributed by atoms with E-state index in [0.29, 0.717) is 13.2 Å². The Hall–Kier alpha value is -0.240. The lowest BCUT2D eigenvalue weighted by Crippen LogP contribution is -2.59. The fraction of sp³-hybridized carbons (Fsp3) is 1.00. The van der Waals surface area contributed by atoms with E-state index in [1.54, 1.807) is 14.2 Å². The summed E-state index contributed by atoms with van der Waals surface area (Å²) in [6.07, 6.45) is -0.510. The number of rotatable bonds is 4. The van der Waals surface area contributed by atoms with Crippen LogP contribution in [-0.2, 0) is 28.4 Å². The Bertz CT molecular complexity index is 185. The van der Waals surface area contributed by atoms with Crippen molar-refractivity contribution in [2.45, 2.75) is 24.4 Å². The van der Waals surface area contributed by atoms with Crippen molar-refractivity contribution in [1.29, 1.82) is 0 Å². The van der Waals surface area contributed by atoms with Crippen molar-refractivity contribution >= 4 is 0 Å². The van der Waals surface area contributed by atoms with Crippen LogP contribution in [0.2, 0.25) is 0 Å². The number of hydrogen-bond donors (Lipinski definition) is 0. The fourth-order valence-electron chi connectivity index (χ4n) is 2.04. The minimum atomic E-state index is -0.150. The van der Waals surface area contributed by atoms with E-state index in [4.69, 9.17) is 28.4 Å². The molecule has 94 valence electrons. The number of methoxy groups -OCH3 is 2. The Kier molecular flexibility index (Phi) is 4.51. The molecule has 6 heteroatoms. The predicted molar refractivity (Wildman–Crippen MR) is 53.0 cm³/mol. The molecule has 0 bridgehead atoms. The van der Waals surface area contributed by atoms with Gasteiger partial charge >= 0.3 is 0 Å². The molecule has 4 atom stereocenters. The van der Waals surface area contributed by atoms with Gasteiger partial charge in [-0.2, -0.15) is 0 Å². The predicted octanol–water partition coefficient (Wildman–Crippen LogP) is -0.238. The highest BCUT2D eigenvalue weighted by Crippen LogP contribution is 2.26.